The van der Waals surface area contributed by atoms with Gasteiger partial charge in [-0.25, -0.2) is 0 Å². The molecule has 0 aliphatic heterocycles. The second-order valence-corrected chi connectivity index (χ2v) is 7.00. The van der Waals surface area contributed by atoms with Crippen molar-refractivity contribution in [2.45, 2.75) is 78.1 Å². The number of unbranched alkanes of at least 4 members (excludes halogenated alkanes) is 8. The first kappa shape index (κ1) is 18.1. The normalized spacial score (nSPS) is 14.6. The molecule has 0 amide bonds. The van der Waals surface area contributed by atoms with E-state index in [1.165, 1.54) is 32.1 Å². The molecule has 0 aromatic rings. The maximum atomic E-state index is 11.7. The van der Waals surface area contributed by atoms with Gasteiger partial charge in [0.05, 0.1) is 6.61 Å². The molecule has 0 saturated heterocycles. The molecule has 0 aliphatic rings. The van der Waals surface area contributed by atoms with Gasteiger partial charge in [0, 0.05) is 6.16 Å². The Balaban J connectivity index is 3.40. The van der Waals surface area contributed by atoms with Gasteiger partial charge < -0.3 is 9.42 Å². The van der Waals surface area contributed by atoms with Gasteiger partial charge in [0.1, 0.15) is 0 Å². The second-order valence-electron chi connectivity index (χ2n) is 5.02. The van der Waals surface area contributed by atoms with E-state index >= 15 is 0 Å². The molecule has 0 radical (unpaired) electrons. The molecule has 110 valence electrons. The zero-order valence-corrected chi connectivity index (χ0v) is 13.1. The van der Waals surface area contributed by atoms with Gasteiger partial charge in [-0.05, 0) is 12.8 Å². The molecule has 0 fully saturated rings. The van der Waals surface area contributed by atoms with Crippen molar-refractivity contribution in [3.8, 4) is 0 Å². The fourth-order valence-electron chi connectivity index (χ4n) is 1.89. The largest absolute Gasteiger partial charge is 0.328 e. The molecule has 0 spiro atoms. The minimum Gasteiger partial charge on any atom is -0.324 e. The summed E-state index contributed by atoms with van der Waals surface area (Å²) >= 11 is 0. The summed E-state index contributed by atoms with van der Waals surface area (Å²) < 4.78 is 16.8. The smallest absolute Gasteiger partial charge is 0.324 e. The Bertz CT molecular complexity index is 219. The molecule has 0 aromatic carbocycles. The van der Waals surface area contributed by atoms with Gasteiger partial charge in [-0.1, -0.05) is 65.2 Å². The first-order chi connectivity index (χ1) is 8.62. The Morgan fingerprint density at radius 1 is 0.833 bits per heavy atom. The van der Waals surface area contributed by atoms with E-state index in [0.717, 1.165) is 32.1 Å². The summed E-state index contributed by atoms with van der Waals surface area (Å²) in [6.07, 6.45) is 11.4. The highest BCUT2D eigenvalue weighted by molar-refractivity contribution is 7.52. The third-order valence-corrected chi connectivity index (χ3v) is 4.55. The van der Waals surface area contributed by atoms with Gasteiger partial charge >= 0.3 is 7.60 Å². The maximum absolute atomic E-state index is 11.7. The molecular formula is C14H31O3P. The predicted octanol–water partition coefficient (Wildman–Crippen LogP) is 5.13. The van der Waals surface area contributed by atoms with Crippen LogP contribution in [0.4, 0.5) is 0 Å². The Labute approximate surface area is 113 Å². The number of hydrogen-bond donors (Lipinski definition) is 1. The zero-order valence-electron chi connectivity index (χ0n) is 12.2. The zero-order chi connectivity index (χ0) is 13.7. The lowest BCUT2D eigenvalue weighted by atomic mass is 10.2. The number of rotatable bonds is 13. The molecule has 0 saturated carbocycles. The summed E-state index contributed by atoms with van der Waals surface area (Å²) in [5.74, 6) is 0. The molecule has 4 heteroatoms. The molecule has 1 atom stereocenters. The van der Waals surface area contributed by atoms with Crippen LogP contribution >= 0.6 is 7.60 Å². The van der Waals surface area contributed by atoms with Crippen molar-refractivity contribution < 1.29 is 14.0 Å². The Morgan fingerprint density at radius 3 is 1.89 bits per heavy atom. The lowest BCUT2D eigenvalue weighted by molar-refractivity contribution is 0.252. The van der Waals surface area contributed by atoms with Crippen LogP contribution in [0.15, 0.2) is 0 Å². The summed E-state index contributed by atoms with van der Waals surface area (Å²) in [7, 11) is -3.30. The molecule has 0 heterocycles. The average Bonchev–Trinajstić information content (AvgIpc) is 2.33. The summed E-state index contributed by atoms with van der Waals surface area (Å²) in [5.41, 5.74) is 0. The fourth-order valence-corrected chi connectivity index (χ4v) is 3.06. The van der Waals surface area contributed by atoms with Crippen LogP contribution in [0.2, 0.25) is 0 Å². The summed E-state index contributed by atoms with van der Waals surface area (Å²) in [6.45, 7) is 4.78. The minimum atomic E-state index is -3.30. The van der Waals surface area contributed by atoms with Crippen molar-refractivity contribution >= 4 is 7.60 Å². The first-order valence-corrected chi connectivity index (χ1v) is 9.35. The van der Waals surface area contributed by atoms with E-state index in [1.54, 1.807) is 0 Å². The van der Waals surface area contributed by atoms with Crippen LogP contribution in [-0.4, -0.2) is 17.7 Å². The molecule has 3 nitrogen and oxygen atoms in total. The van der Waals surface area contributed by atoms with Crippen LogP contribution in [0.3, 0.4) is 0 Å². The molecule has 18 heavy (non-hydrogen) atoms. The van der Waals surface area contributed by atoms with Gasteiger partial charge in [0.15, 0.2) is 0 Å². The molecule has 0 rings (SSSR count). The van der Waals surface area contributed by atoms with Crippen molar-refractivity contribution in [2.75, 3.05) is 12.8 Å². The number of hydrogen-bond acceptors (Lipinski definition) is 2. The van der Waals surface area contributed by atoms with Crippen LogP contribution in [0.1, 0.15) is 78.1 Å². The first-order valence-electron chi connectivity index (χ1n) is 7.58. The van der Waals surface area contributed by atoms with Gasteiger partial charge in [-0.15, -0.1) is 0 Å². The highest BCUT2D eigenvalue weighted by atomic mass is 31.2. The van der Waals surface area contributed by atoms with Crippen LogP contribution in [-0.2, 0) is 9.09 Å². The third-order valence-electron chi connectivity index (χ3n) is 3.09. The van der Waals surface area contributed by atoms with E-state index in [9.17, 15) is 9.46 Å². The van der Waals surface area contributed by atoms with E-state index in [-0.39, 0.29) is 0 Å². The summed E-state index contributed by atoms with van der Waals surface area (Å²) in [5, 5.41) is 0. The van der Waals surface area contributed by atoms with Crippen LogP contribution < -0.4 is 0 Å². The quantitative estimate of drug-likeness (QED) is 0.375. The van der Waals surface area contributed by atoms with Gasteiger partial charge in [-0.2, -0.15) is 0 Å². The van der Waals surface area contributed by atoms with Crippen molar-refractivity contribution in [1.82, 2.24) is 0 Å². The van der Waals surface area contributed by atoms with Gasteiger partial charge in [0.2, 0.25) is 0 Å². The van der Waals surface area contributed by atoms with Crippen LogP contribution in [0.25, 0.3) is 0 Å². The van der Waals surface area contributed by atoms with Gasteiger partial charge in [-0.3, -0.25) is 4.57 Å². The molecule has 0 aromatic heterocycles. The molecule has 1 unspecified atom stereocenters. The van der Waals surface area contributed by atoms with E-state index in [0.29, 0.717) is 12.8 Å². The SMILES string of the molecule is CCCCCCCOP(=O)(O)CCCCCCC. The monoisotopic (exact) mass is 278 g/mol. The minimum absolute atomic E-state index is 0.325. The van der Waals surface area contributed by atoms with Crippen LogP contribution in [0, 0.1) is 0 Å². The van der Waals surface area contributed by atoms with Gasteiger partial charge in [0.25, 0.3) is 0 Å². The fraction of sp³-hybridized carbons (Fsp3) is 1.00. The standard InChI is InChI=1S/C14H31O3P/c1-3-5-7-9-11-13-17-18(15,16)14-12-10-8-6-4-2/h3-14H2,1-2H3,(H,15,16). The molecule has 1 N–H and O–H groups in total. The van der Waals surface area contributed by atoms with E-state index in [4.69, 9.17) is 4.52 Å². The average molecular weight is 278 g/mol. The third kappa shape index (κ3) is 12.6. The van der Waals surface area contributed by atoms with Crippen molar-refractivity contribution in [2.24, 2.45) is 0 Å². The maximum Gasteiger partial charge on any atom is 0.328 e. The van der Waals surface area contributed by atoms with E-state index < -0.39 is 7.60 Å². The molecule has 0 bridgehead atoms. The van der Waals surface area contributed by atoms with Crippen molar-refractivity contribution in [3.63, 3.8) is 0 Å². The van der Waals surface area contributed by atoms with E-state index in [1.807, 2.05) is 0 Å². The topological polar surface area (TPSA) is 46.5 Å². The highest BCUT2D eigenvalue weighted by Gasteiger charge is 2.17. The van der Waals surface area contributed by atoms with Crippen molar-refractivity contribution in [1.29, 1.82) is 0 Å². The second kappa shape index (κ2) is 12.2. The summed E-state index contributed by atoms with van der Waals surface area (Å²) in [6, 6.07) is 0. The van der Waals surface area contributed by atoms with E-state index in [2.05, 4.69) is 13.8 Å². The Morgan fingerprint density at radius 2 is 1.33 bits per heavy atom. The Kier molecular flexibility index (Phi) is 12.3. The molecule has 0 aliphatic carbocycles. The molecular weight excluding hydrogens is 247 g/mol. The van der Waals surface area contributed by atoms with Crippen LogP contribution in [0.5, 0.6) is 0 Å². The van der Waals surface area contributed by atoms with Crippen molar-refractivity contribution in [3.05, 3.63) is 0 Å². The lowest BCUT2D eigenvalue weighted by Gasteiger charge is -2.11. The predicted molar refractivity (Wildman–Crippen MR) is 78.2 cm³/mol. The highest BCUT2D eigenvalue weighted by Crippen LogP contribution is 2.43. The lowest BCUT2D eigenvalue weighted by Crippen LogP contribution is -1.97. The Hall–Kier alpha value is 0.150. The summed E-state index contributed by atoms with van der Waals surface area (Å²) in [4.78, 5) is 9.61.